The van der Waals surface area contributed by atoms with Gasteiger partial charge in [0.1, 0.15) is 5.82 Å². The van der Waals surface area contributed by atoms with Crippen LogP contribution in [0.5, 0.6) is 0 Å². The first kappa shape index (κ1) is 13.0. The molecule has 0 radical (unpaired) electrons. The van der Waals surface area contributed by atoms with Crippen molar-refractivity contribution >= 4 is 28.4 Å². The molecule has 0 saturated carbocycles. The van der Waals surface area contributed by atoms with Gasteiger partial charge in [0.05, 0.1) is 17.4 Å². The van der Waals surface area contributed by atoms with Crippen molar-refractivity contribution < 1.29 is 9.90 Å². The molecule has 0 bridgehead atoms. The SMILES string of the molecule is Cc1ccncc1Nc1nc(C(=O)O)nc2ccccc12. The predicted molar refractivity (Wildman–Crippen MR) is 78.8 cm³/mol. The van der Waals surface area contributed by atoms with Crippen LogP contribution in [0.3, 0.4) is 0 Å². The maximum atomic E-state index is 11.2. The number of pyridine rings is 1. The fourth-order valence-electron chi connectivity index (χ4n) is 1.99. The molecule has 0 spiro atoms. The van der Waals surface area contributed by atoms with Crippen LogP contribution in [0.1, 0.15) is 16.2 Å². The third-order valence-electron chi connectivity index (χ3n) is 3.09. The number of carbonyl (C=O) groups is 1. The second kappa shape index (κ2) is 5.16. The lowest BCUT2D eigenvalue weighted by Gasteiger charge is -2.11. The van der Waals surface area contributed by atoms with Gasteiger partial charge >= 0.3 is 5.97 Å². The number of anilines is 2. The Labute approximate surface area is 120 Å². The number of aryl methyl sites for hydroxylation is 1. The van der Waals surface area contributed by atoms with E-state index < -0.39 is 5.97 Å². The molecule has 3 aromatic rings. The van der Waals surface area contributed by atoms with Gasteiger partial charge in [0, 0.05) is 11.6 Å². The second-order valence-electron chi connectivity index (χ2n) is 4.53. The lowest BCUT2D eigenvalue weighted by Crippen LogP contribution is -2.07. The largest absolute Gasteiger partial charge is 0.475 e. The number of aromatic carboxylic acids is 1. The summed E-state index contributed by atoms with van der Waals surface area (Å²) in [6.07, 6.45) is 3.37. The minimum Gasteiger partial charge on any atom is -0.475 e. The van der Waals surface area contributed by atoms with Crippen LogP contribution < -0.4 is 5.32 Å². The van der Waals surface area contributed by atoms with Gasteiger partial charge in [-0.2, -0.15) is 0 Å². The highest BCUT2D eigenvalue weighted by atomic mass is 16.4. The van der Waals surface area contributed by atoms with Crippen LogP contribution >= 0.6 is 0 Å². The third-order valence-corrected chi connectivity index (χ3v) is 3.09. The molecule has 2 aromatic heterocycles. The first-order valence-electron chi connectivity index (χ1n) is 6.33. The average molecular weight is 280 g/mol. The molecule has 0 aliphatic rings. The molecule has 0 fully saturated rings. The van der Waals surface area contributed by atoms with E-state index in [1.54, 1.807) is 24.5 Å². The zero-order valence-corrected chi connectivity index (χ0v) is 11.2. The molecular weight excluding hydrogens is 268 g/mol. The summed E-state index contributed by atoms with van der Waals surface area (Å²) in [4.78, 5) is 23.3. The molecule has 1 aromatic carbocycles. The van der Waals surface area contributed by atoms with Crippen molar-refractivity contribution in [1.29, 1.82) is 0 Å². The van der Waals surface area contributed by atoms with Crippen LogP contribution in [0.15, 0.2) is 42.7 Å². The van der Waals surface area contributed by atoms with Crippen LogP contribution in [0.2, 0.25) is 0 Å². The maximum Gasteiger partial charge on any atom is 0.374 e. The standard InChI is InChI=1S/C15H12N4O2/c1-9-6-7-16-8-12(9)18-13-10-4-2-3-5-11(10)17-14(19-13)15(20)21/h2-8H,1H3,(H,20,21)(H,17,18,19). The second-order valence-corrected chi connectivity index (χ2v) is 4.53. The van der Waals surface area contributed by atoms with Crippen LogP contribution in [-0.2, 0) is 0 Å². The highest BCUT2D eigenvalue weighted by molar-refractivity contribution is 5.94. The lowest BCUT2D eigenvalue weighted by atomic mass is 10.2. The van der Waals surface area contributed by atoms with E-state index in [9.17, 15) is 4.79 Å². The van der Waals surface area contributed by atoms with Crippen molar-refractivity contribution in [3.63, 3.8) is 0 Å². The summed E-state index contributed by atoms with van der Waals surface area (Å²) < 4.78 is 0. The molecule has 2 N–H and O–H groups in total. The summed E-state index contributed by atoms with van der Waals surface area (Å²) in [6, 6.07) is 9.12. The summed E-state index contributed by atoms with van der Waals surface area (Å²) in [5, 5.41) is 13.0. The van der Waals surface area contributed by atoms with Gasteiger partial charge in [-0.1, -0.05) is 12.1 Å². The number of carboxylic acid groups (broad SMARTS) is 1. The average Bonchev–Trinajstić information content (AvgIpc) is 2.49. The first-order valence-corrected chi connectivity index (χ1v) is 6.33. The number of nitrogens with one attached hydrogen (secondary N) is 1. The van der Waals surface area contributed by atoms with E-state index in [1.807, 2.05) is 25.1 Å². The molecule has 21 heavy (non-hydrogen) atoms. The Bertz CT molecular complexity index is 833. The molecule has 0 saturated heterocycles. The molecule has 3 rings (SSSR count). The summed E-state index contributed by atoms with van der Waals surface area (Å²) in [5.74, 6) is -0.946. The number of aromatic nitrogens is 3. The number of para-hydroxylation sites is 1. The number of rotatable bonds is 3. The Balaban J connectivity index is 2.16. The van der Waals surface area contributed by atoms with E-state index in [-0.39, 0.29) is 5.82 Å². The fourth-order valence-corrected chi connectivity index (χ4v) is 1.99. The fraction of sp³-hybridized carbons (Fsp3) is 0.0667. The highest BCUT2D eigenvalue weighted by Gasteiger charge is 2.13. The number of nitrogens with zero attached hydrogens (tertiary/aromatic N) is 3. The van der Waals surface area contributed by atoms with E-state index in [0.29, 0.717) is 11.3 Å². The number of hydrogen-bond donors (Lipinski definition) is 2. The third kappa shape index (κ3) is 2.51. The molecular formula is C15H12N4O2. The van der Waals surface area contributed by atoms with Crippen molar-refractivity contribution in [2.75, 3.05) is 5.32 Å². The first-order chi connectivity index (χ1) is 10.1. The van der Waals surface area contributed by atoms with Crippen molar-refractivity contribution in [3.05, 3.63) is 54.1 Å². The van der Waals surface area contributed by atoms with Crippen LogP contribution in [0, 0.1) is 6.92 Å². The smallest absolute Gasteiger partial charge is 0.374 e. The van der Waals surface area contributed by atoms with E-state index >= 15 is 0 Å². The molecule has 6 heteroatoms. The number of benzene rings is 1. The quantitative estimate of drug-likeness (QED) is 0.767. The minimum absolute atomic E-state index is 0.238. The van der Waals surface area contributed by atoms with Crippen molar-refractivity contribution in [2.24, 2.45) is 0 Å². The van der Waals surface area contributed by atoms with Crippen molar-refractivity contribution in [1.82, 2.24) is 15.0 Å². The summed E-state index contributed by atoms with van der Waals surface area (Å²) in [5.41, 5.74) is 2.34. The number of carboxylic acids is 1. The molecule has 0 amide bonds. The van der Waals surface area contributed by atoms with Crippen molar-refractivity contribution in [2.45, 2.75) is 6.92 Å². The summed E-state index contributed by atoms with van der Waals surface area (Å²) in [7, 11) is 0. The normalized spacial score (nSPS) is 10.5. The lowest BCUT2D eigenvalue weighted by molar-refractivity contribution is 0.0684. The predicted octanol–water partition coefficient (Wildman–Crippen LogP) is 2.78. The Morgan fingerprint density at radius 1 is 1.19 bits per heavy atom. The Hall–Kier alpha value is -3.02. The molecule has 0 aliphatic heterocycles. The maximum absolute atomic E-state index is 11.2. The summed E-state index contributed by atoms with van der Waals surface area (Å²) >= 11 is 0. The number of hydrogen-bond acceptors (Lipinski definition) is 5. The van der Waals surface area contributed by atoms with Gasteiger partial charge in [-0.15, -0.1) is 0 Å². The Morgan fingerprint density at radius 3 is 2.76 bits per heavy atom. The monoisotopic (exact) mass is 280 g/mol. The van der Waals surface area contributed by atoms with Gasteiger partial charge in [0.2, 0.25) is 5.82 Å². The highest BCUT2D eigenvalue weighted by Crippen LogP contribution is 2.24. The van der Waals surface area contributed by atoms with E-state index in [4.69, 9.17) is 5.11 Å². The summed E-state index contributed by atoms with van der Waals surface area (Å²) in [6.45, 7) is 1.94. The zero-order valence-electron chi connectivity index (χ0n) is 11.2. The van der Waals surface area contributed by atoms with Crippen LogP contribution in [0.4, 0.5) is 11.5 Å². The van der Waals surface area contributed by atoms with Gasteiger partial charge in [-0.25, -0.2) is 14.8 Å². The number of fused-ring (bicyclic) bond motifs is 1. The van der Waals surface area contributed by atoms with E-state index in [0.717, 1.165) is 16.6 Å². The molecule has 6 nitrogen and oxygen atoms in total. The molecule has 104 valence electrons. The molecule has 0 aliphatic carbocycles. The van der Waals surface area contributed by atoms with Crippen molar-refractivity contribution in [3.8, 4) is 0 Å². The Kier molecular flexibility index (Phi) is 3.19. The van der Waals surface area contributed by atoms with Gasteiger partial charge in [-0.3, -0.25) is 4.98 Å². The van der Waals surface area contributed by atoms with E-state index in [2.05, 4.69) is 20.3 Å². The van der Waals surface area contributed by atoms with Crippen LogP contribution in [-0.4, -0.2) is 26.0 Å². The molecule has 2 heterocycles. The minimum atomic E-state index is -1.16. The molecule has 0 unspecified atom stereocenters. The van der Waals surface area contributed by atoms with Gasteiger partial charge in [0.25, 0.3) is 0 Å². The van der Waals surface area contributed by atoms with Gasteiger partial charge in [-0.05, 0) is 30.7 Å². The van der Waals surface area contributed by atoms with Crippen LogP contribution in [0.25, 0.3) is 10.9 Å². The Morgan fingerprint density at radius 2 is 2.00 bits per heavy atom. The van der Waals surface area contributed by atoms with Gasteiger partial charge < -0.3 is 10.4 Å². The molecule has 0 atom stereocenters. The van der Waals surface area contributed by atoms with E-state index in [1.165, 1.54) is 0 Å². The topological polar surface area (TPSA) is 88.0 Å². The van der Waals surface area contributed by atoms with Gasteiger partial charge in [0.15, 0.2) is 0 Å². The zero-order chi connectivity index (χ0) is 14.8.